The molecular weight excluding hydrogens is 402 g/mol. The number of carbonyl (C=O) groups is 1. The third kappa shape index (κ3) is 4.46. The van der Waals surface area contributed by atoms with Crippen LogP contribution in [0.2, 0.25) is 0 Å². The first-order chi connectivity index (χ1) is 14.4. The Labute approximate surface area is 177 Å². The van der Waals surface area contributed by atoms with Gasteiger partial charge in [0.15, 0.2) is 21.3 Å². The number of carbonyl (C=O) groups excluding carboxylic acids is 1. The van der Waals surface area contributed by atoms with Gasteiger partial charge in [0, 0.05) is 19.4 Å². The van der Waals surface area contributed by atoms with Crippen molar-refractivity contribution in [2.45, 2.75) is 43.5 Å². The average Bonchev–Trinajstić information content (AvgIpc) is 3.11. The van der Waals surface area contributed by atoms with Crippen LogP contribution in [0.1, 0.15) is 42.9 Å². The van der Waals surface area contributed by atoms with E-state index >= 15 is 0 Å². The highest BCUT2D eigenvalue weighted by Crippen LogP contribution is 2.38. The van der Waals surface area contributed by atoms with Crippen molar-refractivity contribution in [3.8, 4) is 11.5 Å². The fraction of sp³-hybridized carbons (Fsp3) is 0.435. The minimum Gasteiger partial charge on any atom is -0.490 e. The van der Waals surface area contributed by atoms with Crippen molar-refractivity contribution in [3.05, 3.63) is 53.6 Å². The standard InChI is InChI=1S/C23H27NO5S/c1-17-5-8-19(9-6-17)30(26,27)15-11-23(25)24-12-2-4-20(24)18-7-10-21-22(16-18)29-14-3-13-28-21/h5-10,16,20H,2-4,11-15H2,1H3/t20-/m0/s1. The van der Waals surface area contributed by atoms with Crippen LogP contribution in [-0.4, -0.2) is 44.7 Å². The summed E-state index contributed by atoms with van der Waals surface area (Å²) in [6.45, 7) is 3.80. The van der Waals surface area contributed by atoms with Crippen LogP contribution in [0.3, 0.4) is 0 Å². The molecule has 160 valence electrons. The molecule has 2 aliphatic rings. The number of fused-ring (bicyclic) bond motifs is 1. The van der Waals surface area contributed by atoms with Crippen molar-refractivity contribution in [2.75, 3.05) is 25.5 Å². The average molecular weight is 430 g/mol. The molecule has 0 aromatic heterocycles. The first-order valence-electron chi connectivity index (χ1n) is 10.4. The van der Waals surface area contributed by atoms with Crippen LogP contribution in [0.25, 0.3) is 0 Å². The summed E-state index contributed by atoms with van der Waals surface area (Å²) in [6.07, 6.45) is 2.58. The lowest BCUT2D eigenvalue weighted by Crippen LogP contribution is -2.31. The van der Waals surface area contributed by atoms with Gasteiger partial charge in [-0.05, 0) is 49.6 Å². The minimum atomic E-state index is -3.48. The second kappa shape index (κ2) is 8.68. The van der Waals surface area contributed by atoms with E-state index < -0.39 is 9.84 Å². The lowest BCUT2D eigenvalue weighted by molar-refractivity contribution is -0.131. The van der Waals surface area contributed by atoms with E-state index in [0.29, 0.717) is 25.5 Å². The largest absolute Gasteiger partial charge is 0.490 e. The Hall–Kier alpha value is -2.54. The highest BCUT2D eigenvalue weighted by atomic mass is 32.2. The van der Waals surface area contributed by atoms with Crippen molar-refractivity contribution >= 4 is 15.7 Å². The van der Waals surface area contributed by atoms with E-state index in [9.17, 15) is 13.2 Å². The van der Waals surface area contributed by atoms with Crippen molar-refractivity contribution in [2.24, 2.45) is 0 Å². The lowest BCUT2D eigenvalue weighted by Gasteiger charge is -2.26. The number of aryl methyl sites for hydroxylation is 1. The van der Waals surface area contributed by atoms with Crippen molar-refractivity contribution in [1.29, 1.82) is 0 Å². The van der Waals surface area contributed by atoms with Crippen LogP contribution in [0, 0.1) is 6.92 Å². The molecule has 4 rings (SSSR count). The molecule has 0 radical (unpaired) electrons. The molecule has 2 heterocycles. The number of hydrogen-bond acceptors (Lipinski definition) is 5. The van der Waals surface area contributed by atoms with E-state index in [-0.39, 0.29) is 29.0 Å². The third-order valence-electron chi connectivity index (χ3n) is 5.69. The summed E-state index contributed by atoms with van der Waals surface area (Å²) in [5.41, 5.74) is 2.01. The maximum atomic E-state index is 12.9. The number of nitrogens with zero attached hydrogens (tertiary/aromatic N) is 1. The van der Waals surface area contributed by atoms with Crippen LogP contribution < -0.4 is 9.47 Å². The van der Waals surface area contributed by atoms with Crippen LogP contribution in [0.4, 0.5) is 0 Å². The maximum Gasteiger partial charge on any atom is 0.224 e. The molecule has 1 fully saturated rings. The van der Waals surface area contributed by atoms with Crippen LogP contribution in [-0.2, 0) is 14.6 Å². The monoisotopic (exact) mass is 429 g/mol. The van der Waals surface area contributed by atoms with Gasteiger partial charge < -0.3 is 14.4 Å². The number of sulfone groups is 1. The van der Waals surface area contributed by atoms with Crippen LogP contribution >= 0.6 is 0 Å². The lowest BCUT2D eigenvalue weighted by atomic mass is 10.0. The van der Waals surface area contributed by atoms with Crippen molar-refractivity contribution < 1.29 is 22.7 Å². The Bertz CT molecular complexity index is 1020. The molecule has 2 aliphatic heterocycles. The summed E-state index contributed by atoms with van der Waals surface area (Å²) in [4.78, 5) is 15.0. The van der Waals surface area contributed by atoms with E-state index in [4.69, 9.17) is 9.47 Å². The molecule has 2 aromatic rings. The predicted molar refractivity (Wildman–Crippen MR) is 114 cm³/mol. The molecule has 0 saturated carbocycles. The normalized spacial score (nSPS) is 18.8. The molecule has 6 nitrogen and oxygen atoms in total. The van der Waals surface area contributed by atoms with Gasteiger partial charge in [-0.3, -0.25) is 4.79 Å². The second-order valence-corrected chi connectivity index (χ2v) is 9.99. The van der Waals surface area contributed by atoms with Gasteiger partial charge in [0.1, 0.15) is 0 Å². The molecule has 2 aromatic carbocycles. The summed E-state index contributed by atoms with van der Waals surface area (Å²) < 4.78 is 36.7. The summed E-state index contributed by atoms with van der Waals surface area (Å²) in [5.74, 6) is 1.14. The number of ether oxygens (including phenoxy) is 2. The molecule has 0 bridgehead atoms. The Morgan fingerprint density at radius 2 is 1.77 bits per heavy atom. The predicted octanol–water partition coefficient (Wildman–Crippen LogP) is 3.68. The van der Waals surface area contributed by atoms with Crippen molar-refractivity contribution in [1.82, 2.24) is 4.90 Å². The SMILES string of the molecule is Cc1ccc(S(=O)(=O)CCC(=O)N2CCC[C@H]2c2ccc3c(c2)OCCCO3)cc1. The van der Waals surface area contributed by atoms with Gasteiger partial charge in [0.05, 0.1) is 29.9 Å². The van der Waals surface area contributed by atoms with Gasteiger partial charge in [-0.2, -0.15) is 0 Å². The van der Waals surface area contributed by atoms with Crippen molar-refractivity contribution in [3.63, 3.8) is 0 Å². The smallest absolute Gasteiger partial charge is 0.224 e. The molecule has 0 N–H and O–H groups in total. The van der Waals surface area contributed by atoms with Gasteiger partial charge in [-0.25, -0.2) is 8.42 Å². The van der Waals surface area contributed by atoms with E-state index in [1.165, 1.54) is 0 Å². The second-order valence-electron chi connectivity index (χ2n) is 7.88. The highest BCUT2D eigenvalue weighted by Gasteiger charge is 2.31. The molecule has 7 heteroatoms. The van der Waals surface area contributed by atoms with E-state index in [1.54, 1.807) is 24.3 Å². The van der Waals surface area contributed by atoms with Gasteiger partial charge in [0.2, 0.25) is 5.91 Å². The molecule has 0 unspecified atom stereocenters. The van der Waals surface area contributed by atoms with E-state index in [2.05, 4.69) is 0 Å². The fourth-order valence-electron chi connectivity index (χ4n) is 4.03. The number of rotatable bonds is 5. The zero-order valence-corrected chi connectivity index (χ0v) is 18.0. The molecular formula is C23H27NO5S. The summed E-state index contributed by atoms with van der Waals surface area (Å²) >= 11 is 0. The fourth-order valence-corrected chi connectivity index (χ4v) is 5.26. The van der Waals surface area contributed by atoms with Gasteiger partial charge in [-0.15, -0.1) is 0 Å². The summed E-state index contributed by atoms with van der Waals surface area (Å²) in [6, 6.07) is 12.5. The topological polar surface area (TPSA) is 72.9 Å². The Balaban J connectivity index is 1.45. The molecule has 1 amide bonds. The summed E-state index contributed by atoms with van der Waals surface area (Å²) in [7, 11) is -3.48. The molecule has 0 aliphatic carbocycles. The van der Waals surface area contributed by atoms with Crippen LogP contribution in [0.15, 0.2) is 47.4 Å². The van der Waals surface area contributed by atoms with Crippen LogP contribution in [0.5, 0.6) is 11.5 Å². The zero-order chi connectivity index (χ0) is 21.1. The van der Waals surface area contributed by atoms with Gasteiger partial charge in [-0.1, -0.05) is 23.8 Å². The van der Waals surface area contributed by atoms with Gasteiger partial charge in [0.25, 0.3) is 0 Å². The summed E-state index contributed by atoms with van der Waals surface area (Å²) in [5, 5.41) is 0. The Kier molecular flexibility index (Phi) is 5.99. The number of likely N-dealkylation sites (tertiary alicyclic amines) is 1. The van der Waals surface area contributed by atoms with E-state index in [1.807, 2.05) is 30.0 Å². The first kappa shape index (κ1) is 20.7. The zero-order valence-electron chi connectivity index (χ0n) is 17.2. The Morgan fingerprint density at radius 3 is 2.53 bits per heavy atom. The third-order valence-corrected chi connectivity index (χ3v) is 7.43. The van der Waals surface area contributed by atoms with Gasteiger partial charge >= 0.3 is 0 Å². The van der Waals surface area contributed by atoms with E-state index in [0.717, 1.165) is 36.1 Å². The molecule has 1 saturated heterocycles. The number of benzene rings is 2. The molecule has 0 spiro atoms. The number of amides is 1. The Morgan fingerprint density at radius 1 is 1.03 bits per heavy atom. The maximum absolute atomic E-state index is 12.9. The quantitative estimate of drug-likeness (QED) is 0.725. The molecule has 1 atom stereocenters. The number of hydrogen-bond donors (Lipinski definition) is 0. The first-order valence-corrected chi connectivity index (χ1v) is 12.1. The molecule has 30 heavy (non-hydrogen) atoms. The highest BCUT2D eigenvalue weighted by molar-refractivity contribution is 7.91. The minimum absolute atomic E-state index is 0.0166.